The molecule has 0 aliphatic heterocycles. The molecule has 0 atom stereocenters. The van der Waals surface area contributed by atoms with Gasteiger partial charge >= 0.3 is 135 Å². The molecule has 99 valence electrons. The predicted octanol–water partition coefficient (Wildman–Crippen LogP) is 3.65. The van der Waals surface area contributed by atoms with Crippen LogP contribution in [-0.4, -0.2) is 20.9 Å². The van der Waals surface area contributed by atoms with E-state index in [1.54, 1.807) is 0 Å². The molecule has 0 saturated heterocycles. The van der Waals surface area contributed by atoms with Crippen molar-refractivity contribution in [2.24, 2.45) is 0 Å². The summed E-state index contributed by atoms with van der Waals surface area (Å²) in [7, 11) is 0. The Morgan fingerprint density at radius 3 is 1.38 bits per heavy atom. The summed E-state index contributed by atoms with van der Waals surface area (Å²) in [6.07, 6.45) is 0. The molecule has 1 radical (unpaired) electrons. The molecule has 0 fully saturated rings. The summed E-state index contributed by atoms with van der Waals surface area (Å²) in [5, 5.41) is 5.52. The van der Waals surface area contributed by atoms with Crippen LogP contribution in [0.4, 0.5) is 0 Å². The molecule has 4 aromatic carbocycles. The average Bonchev–Trinajstić information content (AvgIpc) is 2.56. The van der Waals surface area contributed by atoms with Crippen LogP contribution in [0.1, 0.15) is 0 Å². The Balaban J connectivity index is 1.87. The second kappa shape index (κ2) is 5.53. The van der Waals surface area contributed by atoms with Crippen LogP contribution < -0.4 is 7.22 Å². The van der Waals surface area contributed by atoms with Gasteiger partial charge in [-0.3, -0.25) is 0 Å². The summed E-state index contributed by atoms with van der Waals surface area (Å²) in [6, 6.07) is 30.8. The van der Waals surface area contributed by atoms with E-state index in [9.17, 15) is 0 Å². The van der Waals surface area contributed by atoms with Crippen molar-refractivity contribution in [3.8, 4) is 0 Å². The van der Waals surface area contributed by atoms with Gasteiger partial charge in [-0.1, -0.05) is 0 Å². The van der Waals surface area contributed by atoms with E-state index in [-0.39, 0.29) is 20.9 Å². The topological polar surface area (TPSA) is 0 Å². The summed E-state index contributed by atoms with van der Waals surface area (Å²) >= 11 is -0.385. The molecule has 0 nitrogen and oxygen atoms in total. The Morgan fingerprint density at radius 2 is 0.857 bits per heavy atom. The van der Waals surface area contributed by atoms with Gasteiger partial charge in [0.15, 0.2) is 0 Å². The van der Waals surface area contributed by atoms with Crippen molar-refractivity contribution in [2.45, 2.75) is 0 Å². The van der Waals surface area contributed by atoms with Crippen LogP contribution in [-0.2, 0) is 0 Å². The summed E-state index contributed by atoms with van der Waals surface area (Å²) in [6.45, 7) is 0. The van der Waals surface area contributed by atoms with Crippen LogP contribution in [0.25, 0.3) is 21.5 Å². The van der Waals surface area contributed by atoms with Crippen LogP contribution in [0, 0.1) is 0 Å². The van der Waals surface area contributed by atoms with Crippen molar-refractivity contribution in [3.63, 3.8) is 0 Å². The van der Waals surface area contributed by atoms with Crippen LogP contribution in [0.3, 0.4) is 0 Å². The molecule has 0 heterocycles. The van der Waals surface area contributed by atoms with Crippen molar-refractivity contribution < 1.29 is 0 Å². The van der Waals surface area contributed by atoms with E-state index in [1.807, 2.05) is 0 Å². The van der Waals surface area contributed by atoms with Gasteiger partial charge < -0.3 is 0 Å². The average molecular weight is 382 g/mol. The zero-order valence-electron chi connectivity index (χ0n) is 11.5. The molecule has 0 aromatic heterocycles. The van der Waals surface area contributed by atoms with Crippen molar-refractivity contribution in [3.05, 3.63) is 84.9 Å². The van der Waals surface area contributed by atoms with Gasteiger partial charge in [0.25, 0.3) is 0 Å². The molecular weight excluding hydrogens is 368 g/mol. The Kier molecular flexibility index (Phi) is 3.39. The molecule has 0 unspecified atom stereocenters. The van der Waals surface area contributed by atoms with Crippen LogP contribution in [0.2, 0.25) is 0 Å². The molecule has 4 rings (SSSR count). The van der Waals surface area contributed by atoms with Crippen molar-refractivity contribution >= 4 is 49.7 Å². The normalized spacial score (nSPS) is 11.0. The van der Waals surface area contributed by atoms with E-state index >= 15 is 0 Å². The monoisotopic (exact) mass is 384 g/mol. The summed E-state index contributed by atoms with van der Waals surface area (Å²) in [5.74, 6) is 0. The first kappa shape index (κ1) is 12.9. The summed E-state index contributed by atoms with van der Waals surface area (Å²) in [5.41, 5.74) is 0. The number of hydrogen-bond acceptors (Lipinski definition) is 0. The van der Waals surface area contributed by atoms with Crippen LogP contribution >= 0.6 is 0 Å². The summed E-state index contributed by atoms with van der Waals surface area (Å²) < 4.78 is 3.05. The molecule has 21 heavy (non-hydrogen) atoms. The molecule has 0 bridgehead atoms. The van der Waals surface area contributed by atoms with Gasteiger partial charge in [0.1, 0.15) is 0 Å². The fourth-order valence-corrected chi connectivity index (χ4v) is 5.89. The fraction of sp³-hybridized carbons (Fsp3) is 0. The predicted molar refractivity (Wildman–Crippen MR) is 92.9 cm³/mol. The van der Waals surface area contributed by atoms with Crippen molar-refractivity contribution in [1.29, 1.82) is 0 Å². The first-order valence-corrected chi connectivity index (χ1v) is 9.38. The van der Waals surface area contributed by atoms with E-state index in [2.05, 4.69) is 84.9 Å². The molecule has 0 spiro atoms. The van der Waals surface area contributed by atoms with Gasteiger partial charge in [0.05, 0.1) is 0 Å². The Labute approximate surface area is 134 Å². The van der Waals surface area contributed by atoms with E-state index in [0.717, 1.165) is 0 Å². The van der Waals surface area contributed by atoms with E-state index in [1.165, 1.54) is 28.8 Å². The van der Waals surface area contributed by atoms with Crippen LogP contribution in [0.5, 0.6) is 0 Å². The number of fused-ring (bicyclic) bond motifs is 2. The Bertz CT molecular complexity index is 837. The fourth-order valence-electron chi connectivity index (χ4n) is 2.69. The second-order valence-electron chi connectivity index (χ2n) is 5.06. The molecule has 0 N–H and O–H groups in total. The zero-order valence-corrected chi connectivity index (χ0v) is 13.8. The quantitative estimate of drug-likeness (QED) is 0.465. The second-order valence-corrected chi connectivity index (χ2v) is 8.15. The summed E-state index contributed by atoms with van der Waals surface area (Å²) in [4.78, 5) is 0. The van der Waals surface area contributed by atoms with Gasteiger partial charge in [0.2, 0.25) is 0 Å². The van der Waals surface area contributed by atoms with E-state index in [4.69, 9.17) is 0 Å². The maximum atomic E-state index is 2.30. The molecule has 0 aliphatic carbocycles. The third kappa shape index (κ3) is 2.44. The molecule has 0 saturated carbocycles. The third-order valence-corrected chi connectivity index (χ3v) is 7.01. The Morgan fingerprint density at radius 1 is 0.429 bits per heavy atom. The van der Waals surface area contributed by atoms with E-state index in [0.29, 0.717) is 0 Å². The van der Waals surface area contributed by atoms with Crippen molar-refractivity contribution in [2.75, 3.05) is 0 Å². The maximum absolute atomic E-state index is 2.30. The zero-order chi connectivity index (χ0) is 14.1. The molecule has 0 amide bonds. The first-order chi connectivity index (χ1) is 10.4. The minimum absolute atomic E-state index is 0.385. The Hall–Kier alpha value is -1.81. The van der Waals surface area contributed by atoms with Gasteiger partial charge in [-0.2, -0.15) is 0 Å². The van der Waals surface area contributed by atoms with Gasteiger partial charge in [-0.25, -0.2) is 0 Å². The van der Waals surface area contributed by atoms with E-state index < -0.39 is 0 Å². The number of rotatable bonds is 2. The molecule has 1 heteroatoms. The standard InChI is InChI=1S/C20H14Te/c1-3-11-17-15(7-1)9-5-13-19(17)21-20-14-6-10-16-8-2-4-12-18(16)20/h1-14H/q+1. The van der Waals surface area contributed by atoms with Gasteiger partial charge in [-0.15, -0.1) is 0 Å². The third-order valence-electron chi connectivity index (χ3n) is 3.72. The van der Waals surface area contributed by atoms with Crippen LogP contribution in [0.15, 0.2) is 84.9 Å². The SMILES string of the molecule is c1ccc2c([Te+]c3cccc4ccccc34)cccc2c1. The number of benzene rings is 4. The first-order valence-electron chi connectivity index (χ1n) is 7.05. The molecular formula is C20H14Te+. The minimum atomic E-state index is -0.385. The molecule has 4 aromatic rings. The van der Waals surface area contributed by atoms with Crippen molar-refractivity contribution in [1.82, 2.24) is 0 Å². The number of hydrogen-bond donors (Lipinski definition) is 0. The molecule has 0 aliphatic rings. The van der Waals surface area contributed by atoms with Gasteiger partial charge in [-0.05, 0) is 0 Å². The van der Waals surface area contributed by atoms with Gasteiger partial charge in [0, 0.05) is 0 Å².